The summed E-state index contributed by atoms with van der Waals surface area (Å²) in [6, 6.07) is 19.1. The van der Waals surface area contributed by atoms with Gasteiger partial charge in [0.15, 0.2) is 5.65 Å². The van der Waals surface area contributed by atoms with Crippen LogP contribution in [0.3, 0.4) is 0 Å². The van der Waals surface area contributed by atoms with Gasteiger partial charge < -0.3 is 5.32 Å². The molecule has 0 aliphatic heterocycles. The van der Waals surface area contributed by atoms with Crippen LogP contribution < -0.4 is 5.32 Å². The number of fused-ring (bicyclic) bond motifs is 1. The molecule has 6 heteroatoms. The molecule has 2 heterocycles. The van der Waals surface area contributed by atoms with Gasteiger partial charge in [-0.05, 0) is 23.8 Å². The number of hydrogen-bond acceptors (Lipinski definition) is 3. The van der Waals surface area contributed by atoms with E-state index in [1.807, 2.05) is 60.7 Å². The summed E-state index contributed by atoms with van der Waals surface area (Å²) in [5.74, 6) is -0.204. The van der Waals surface area contributed by atoms with Crippen molar-refractivity contribution in [2.45, 2.75) is 6.54 Å². The lowest BCUT2D eigenvalue weighted by Gasteiger charge is -2.06. The van der Waals surface area contributed by atoms with Crippen molar-refractivity contribution in [3.8, 4) is 11.3 Å². The van der Waals surface area contributed by atoms with E-state index in [1.165, 1.54) is 0 Å². The van der Waals surface area contributed by atoms with Gasteiger partial charge in [0.1, 0.15) is 5.56 Å². The molecule has 2 aromatic carbocycles. The molecule has 4 aromatic rings. The van der Waals surface area contributed by atoms with Gasteiger partial charge in [0, 0.05) is 23.3 Å². The highest BCUT2D eigenvalue weighted by molar-refractivity contribution is 6.30. The molecule has 5 nitrogen and oxygen atoms in total. The fourth-order valence-electron chi connectivity index (χ4n) is 2.76. The number of halogens is 1. The van der Waals surface area contributed by atoms with Gasteiger partial charge in [0.25, 0.3) is 5.91 Å². The molecule has 0 atom stereocenters. The number of nitrogens with zero attached hydrogens (tertiary/aromatic N) is 3. The van der Waals surface area contributed by atoms with Gasteiger partial charge in [-0.1, -0.05) is 54.1 Å². The molecule has 128 valence electrons. The van der Waals surface area contributed by atoms with Crippen LogP contribution in [-0.2, 0) is 6.54 Å². The predicted octanol–water partition coefficient (Wildman–Crippen LogP) is 3.98. The Hall–Kier alpha value is -3.18. The van der Waals surface area contributed by atoms with Crippen molar-refractivity contribution in [3.63, 3.8) is 0 Å². The zero-order valence-corrected chi connectivity index (χ0v) is 14.5. The molecule has 0 spiro atoms. The van der Waals surface area contributed by atoms with Crippen LogP contribution in [0.4, 0.5) is 0 Å². The Labute approximate surface area is 155 Å². The van der Waals surface area contributed by atoms with Crippen molar-refractivity contribution in [3.05, 3.63) is 89.2 Å². The molecule has 0 saturated carbocycles. The number of hydrogen-bond donors (Lipinski definition) is 1. The monoisotopic (exact) mass is 362 g/mol. The average Bonchev–Trinajstić information content (AvgIpc) is 3.12. The highest BCUT2D eigenvalue weighted by Gasteiger charge is 2.16. The van der Waals surface area contributed by atoms with Crippen LogP contribution in [0.15, 0.2) is 73.1 Å². The number of nitrogens with one attached hydrogen (secondary N) is 1. The van der Waals surface area contributed by atoms with E-state index in [9.17, 15) is 4.79 Å². The normalized spacial score (nSPS) is 10.8. The first-order chi connectivity index (χ1) is 12.7. The van der Waals surface area contributed by atoms with Gasteiger partial charge in [0.2, 0.25) is 0 Å². The summed E-state index contributed by atoms with van der Waals surface area (Å²) in [5, 5.41) is 7.93. The number of carbonyl (C=O) groups is 1. The summed E-state index contributed by atoms with van der Waals surface area (Å²) in [7, 11) is 0. The van der Waals surface area contributed by atoms with Gasteiger partial charge in [-0.25, -0.2) is 9.50 Å². The Morgan fingerprint density at radius 1 is 1.04 bits per heavy atom. The Morgan fingerprint density at radius 2 is 1.81 bits per heavy atom. The summed E-state index contributed by atoms with van der Waals surface area (Å²) < 4.78 is 1.67. The SMILES string of the molecule is O=C(NCc1ccccc1)c1cnn2c(-c3ccc(Cl)cc3)ccnc12. The quantitative estimate of drug-likeness (QED) is 0.597. The maximum Gasteiger partial charge on any atom is 0.257 e. The second-order valence-electron chi connectivity index (χ2n) is 5.80. The first kappa shape index (κ1) is 16.3. The average molecular weight is 363 g/mol. The van der Waals surface area contributed by atoms with E-state index in [-0.39, 0.29) is 5.91 Å². The molecule has 4 rings (SSSR count). The minimum Gasteiger partial charge on any atom is -0.348 e. The van der Waals surface area contributed by atoms with Crippen LogP contribution >= 0.6 is 11.6 Å². The lowest BCUT2D eigenvalue weighted by molar-refractivity contribution is 0.0952. The summed E-state index contributed by atoms with van der Waals surface area (Å²) >= 11 is 5.96. The van der Waals surface area contributed by atoms with Crippen molar-refractivity contribution < 1.29 is 4.79 Å². The maximum absolute atomic E-state index is 12.6. The van der Waals surface area contributed by atoms with E-state index >= 15 is 0 Å². The number of rotatable bonds is 4. The van der Waals surface area contributed by atoms with Gasteiger partial charge in [-0.3, -0.25) is 4.79 Å². The third-order valence-corrected chi connectivity index (χ3v) is 4.33. The molecule has 0 aliphatic rings. The summed E-state index contributed by atoms with van der Waals surface area (Å²) in [5.41, 5.74) is 3.78. The van der Waals surface area contributed by atoms with Crippen LogP contribution in [0, 0.1) is 0 Å². The third kappa shape index (κ3) is 3.17. The number of carbonyl (C=O) groups excluding carboxylic acids is 1. The van der Waals surface area contributed by atoms with E-state index < -0.39 is 0 Å². The first-order valence-electron chi connectivity index (χ1n) is 8.13. The molecule has 26 heavy (non-hydrogen) atoms. The van der Waals surface area contributed by atoms with Gasteiger partial charge in [-0.15, -0.1) is 0 Å². The first-order valence-corrected chi connectivity index (χ1v) is 8.51. The molecule has 0 bridgehead atoms. The van der Waals surface area contributed by atoms with Gasteiger partial charge in [0.05, 0.1) is 11.9 Å². The minimum atomic E-state index is -0.204. The van der Waals surface area contributed by atoms with E-state index in [4.69, 9.17) is 11.6 Å². The largest absolute Gasteiger partial charge is 0.348 e. The topological polar surface area (TPSA) is 59.3 Å². The number of amides is 1. The highest BCUT2D eigenvalue weighted by atomic mass is 35.5. The standard InChI is InChI=1S/C20H15ClN4O/c21-16-8-6-15(7-9-16)18-10-11-22-19-17(13-24-25(18)19)20(26)23-12-14-4-2-1-3-5-14/h1-11,13H,12H2,(H,23,26). The Kier molecular flexibility index (Phi) is 4.37. The zero-order chi connectivity index (χ0) is 17.9. The molecule has 0 unspecified atom stereocenters. The van der Waals surface area contributed by atoms with Crippen LogP contribution in [0.1, 0.15) is 15.9 Å². The van der Waals surface area contributed by atoms with E-state index in [2.05, 4.69) is 15.4 Å². The molecule has 2 aromatic heterocycles. The second-order valence-corrected chi connectivity index (χ2v) is 6.24. The van der Waals surface area contributed by atoms with Crippen LogP contribution in [0.2, 0.25) is 5.02 Å². The molecule has 0 aliphatic carbocycles. The lowest BCUT2D eigenvalue weighted by Crippen LogP contribution is -2.22. The summed E-state index contributed by atoms with van der Waals surface area (Å²) in [4.78, 5) is 16.9. The van der Waals surface area contributed by atoms with Crippen LogP contribution in [0.25, 0.3) is 16.9 Å². The van der Waals surface area contributed by atoms with E-state index in [1.54, 1.807) is 16.9 Å². The highest BCUT2D eigenvalue weighted by Crippen LogP contribution is 2.22. The fraction of sp³-hybridized carbons (Fsp3) is 0.0500. The number of benzene rings is 2. The minimum absolute atomic E-state index is 0.204. The molecular formula is C20H15ClN4O. The van der Waals surface area contributed by atoms with Gasteiger partial charge >= 0.3 is 0 Å². The van der Waals surface area contributed by atoms with Crippen molar-refractivity contribution >= 4 is 23.2 Å². The Morgan fingerprint density at radius 3 is 2.58 bits per heavy atom. The number of aromatic nitrogens is 3. The lowest BCUT2D eigenvalue weighted by atomic mass is 10.1. The Bertz CT molecular complexity index is 1060. The van der Waals surface area contributed by atoms with E-state index in [0.717, 1.165) is 16.8 Å². The fourth-order valence-corrected chi connectivity index (χ4v) is 2.89. The van der Waals surface area contributed by atoms with Crippen molar-refractivity contribution in [2.75, 3.05) is 0 Å². The smallest absolute Gasteiger partial charge is 0.257 e. The molecular weight excluding hydrogens is 348 g/mol. The van der Waals surface area contributed by atoms with Crippen molar-refractivity contribution in [1.29, 1.82) is 0 Å². The maximum atomic E-state index is 12.6. The van der Waals surface area contributed by atoms with Crippen LogP contribution in [0.5, 0.6) is 0 Å². The van der Waals surface area contributed by atoms with Crippen LogP contribution in [-0.4, -0.2) is 20.5 Å². The summed E-state index contributed by atoms with van der Waals surface area (Å²) in [6.45, 7) is 0.452. The molecule has 1 N–H and O–H groups in total. The molecule has 0 fully saturated rings. The van der Waals surface area contributed by atoms with E-state index in [0.29, 0.717) is 22.8 Å². The molecule has 0 saturated heterocycles. The third-order valence-electron chi connectivity index (χ3n) is 4.08. The van der Waals surface area contributed by atoms with Crippen molar-refractivity contribution in [2.24, 2.45) is 0 Å². The zero-order valence-electron chi connectivity index (χ0n) is 13.8. The molecule has 0 radical (unpaired) electrons. The molecule has 1 amide bonds. The van der Waals surface area contributed by atoms with Gasteiger partial charge in [-0.2, -0.15) is 5.10 Å². The Balaban J connectivity index is 1.64. The second kappa shape index (κ2) is 6.98. The summed E-state index contributed by atoms with van der Waals surface area (Å²) in [6.07, 6.45) is 3.22. The predicted molar refractivity (Wildman–Crippen MR) is 101 cm³/mol. The van der Waals surface area contributed by atoms with Crippen molar-refractivity contribution in [1.82, 2.24) is 19.9 Å².